The van der Waals surface area contributed by atoms with E-state index in [1.165, 1.54) is 0 Å². The number of piperazine rings is 1. The van der Waals surface area contributed by atoms with Crippen LogP contribution in [0.5, 0.6) is 0 Å². The molecule has 1 fully saturated rings. The maximum atomic E-state index is 12.7. The summed E-state index contributed by atoms with van der Waals surface area (Å²) in [6, 6.07) is 4.09. The first-order chi connectivity index (χ1) is 10.1. The molecule has 0 aromatic carbocycles. The van der Waals surface area contributed by atoms with Gasteiger partial charge in [-0.1, -0.05) is 13.8 Å². The van der Waals surface area contributed by atoms with E-state index in [0.717, 1.165) is 24.9 Å². The van der Waals surface area contributed by atoms with Crippen LogP contribution in [0, 0.1) is 0 Å². The molecule has 1 aliphatic heterocycles. The lowest BCUT2D eigenvalue weighted by molar-refractivity contribution is 0.215. The quantitative estimate of drug-likeness (QED) is 0.863. The van der Waals surface area contributed by atoms with Gasteiger partial charge >= 0.3 is 0 Å². The molecule has 0 radical (unpaired) electrons. The molecule has 118 valence electrons. The van der Waals surface area contributed by atoms with E-state index < -0.39 is 10.0 Å². The van der Waals surface area contributed by atoms with Gasteiger partial charge < -0.3 is 5.32 Å². The number of pyridine rings is 1. The van der Waals surface area contributed by atoms with Crippen LogP contribution in [0.2, 0.25) is 0 Å². The highest BCUT2D eigenvalue weighted by Crippen LogP contribution is 2.18. The minimum Gasteiger partial charge on any atom is -0.311 e. The standard InChI is InChI=1S/C15H25N3O2S/c1-3-14-12-18(15(4-2)11-17-14)21(19,20)10-7-13-5-8-16-9-6-13/h5-6,8-9,14-15,17H,3-4,7,10-12H2,1-2H3. The maximum Gasteiger partial charge on any atom is 0.214 e. The Hall–Kier alpha value is -0.980. The van der Waals surface area contributed by atoms with Crippen LogP contribution in [-0.4, -0.2) is 48.6 Å². The minimum absolute atomic E-state index is 0.0789. The first-order valence-corrected chi connectivity index (χ1v) is 9.29. The van der Waals surface area contributed by atoms with Crippen LogP contribution in [0.25, 0.3) is 0 Å². The molecule has 5 nitrogen and oxygen atoms in total. The van der Waals surface area contributed by atoms with E-state index in [1.807, 2.05) is 19.1 Å². The van der Waals surface area contributed by atoms with E-state index in [9.17, 15) is 8.42 Å². The molecule has 2 atom stereocenters. The van der Waals surface area contributed by atoms with Crippen LogP contribution in [0.15, 0.2) is 24.5 Å². The molecule has 1 aromatic heterocycles. The predicted molar refractivity (Wildman–Crippen MR) is 84.6 cm³/mol. The molecule has 1 aromatic rings. The molecule has 0 spiro atoms. The molecule has 1 N–H and O–H groups in total. The molecule has 2 unspecified atom stereocenters. The highest BCUT2D eigenvalue weighted by Gasteiger charge is 2.34. The van der Waals surface area contributed by atoms with Gasteiger partial charge in [-0.2, -0.15) is 4.31 Å². The lowest BCUT2D eigenvalue weighted by Crippen LogP contribution is -2.58. The Bertz CT molecular complexity index is 533. The average Bonchev–Trinajstić information content (AvgIpc) is 2.53. The molecule has 0 aliphatic carbocycles. The third-order valence-corrected chi connectivity index (χ3v) is 6.05. The Morgan fingerprint density at radius 3 is 2.62 bits per heavy atom. The van der Waals surface area contributed by atoms with Gasteiger partial charge in [0, 0.05) is 37.6 Å². The summed E-state index contributed by atoms with van der Waals surface area (Å²) in [6.07, 6.45) is 5.75. The number of hydrogen-bond acceptors (Lipinski definition) is 4. The van der Waals surface area contributed by atoms with Crippen molar-refractivity contribution in [3.8, 4) is 0 Å². The van der Waals surface area contributed by atoms with Crippen molar-refractivity contribution in [1.29, 1.82) is 0 Å². The minimum atomic E-state index is -3.21. The summed E-state index contributed by atoms with van der Waals surface area (Å²) in [5, 5.41) is 3.43. The maximum absolute atomic E-state index is 12.7. The Labute approximate surface area is 127 Å². The number of aromatic nitrogens is 1. The van der Waals surface area contributed by atoms with Crippen LogP contribution in [0.1, 0.15) is 32.3 Å². The molecular formula is C15H25N3O2S. The first-order valence-electron chi connectivity index (χ1n) is 7.68. The highest BCUT2D eigenvalue weighted by atomic mass is 32.2. The van der Waals surface area contributed by atoms with Gasteiger partial charge in [-0.25, -0.2) is 8.42 Å². The van der Waals surface area contributed by atoms with Gasteiger partial charge in [0.05, 0.1) is 5.75 Å². The van der Waals surface area contributed by atoms with Crippen LogP contribution < -0.4 is 5.32 Å². The van der Waals surface area contributed by atoms with E-state index in [-0.39, 0.29) is 17.8 Å². The second-order valence-corrected chi connectivity index (χ2v) is 7.61. The third kappa shape index (κ3) is 4.25. The smallest absolute Gasteiger partial charge is 0.214 e. The largest absolute Gasteiger partial charge is 0.311 e. The topological polar surface area (TPSA) is 62.3 Å². The van der Waals surface area contributed by atoms with Crippen molar-refractivity contribution in [2.45, 2.75) is 45.2 Å². The van der Waals surface area contributed by atoms with Crippen molar-refractivity contribution in [3.05, 3.63) is 30.1 Å². The summed E-state index contributed by atoms with van der Waals surface area (Å²) in [5.41, 5.74) is 1.02. The van der Waals surface area contributed by atoms with Crippen molar-refractivity contribution in [3.63, 3.8) is 0 Å². The van der Waals surface area contributed by atoms with Crippen molar-refractivity contribution in [1.82, 2.24) is 14.6 Å². The first kappa shape index (κ1) is 16.4. The number of aryl methyl sites for hydroxylation is 1. The third-order valence-electron chi connectivity index (χ3n) is 4.17. The number of hydrogen-bond donors (Lipinski definition) is 1. The Kier molecular flexibility index (Phi) is 5.72. The van der Waals surface area contributed by atoms with E-state index in [1.54, 1.807) is 16.7 Å². The zero-order valence-electron chi connectivity index (χ0n) is 12.8. The molecule has 0 amide bonds. The fourth-order valence-electron chi connectivity index (χ4n) is 2.71. The summed E-state index contributed by atoms with van der Waals surface area (Å²) < 4.78 is 27.1. The molecule has 6 heteroatoms. The van der Waals surface area contributed by atoms with Crippen LogP contribution in [0.3, 0.4) is 0 Å². The monoisotopic (exact) mass is 311 g/mol. The fourth-order valence-corrected chi connectivity index (χ4v) is 4.52. The summed E-state index contributed by atoms with van der Waals surface area (Å²) in [4.78, 5) is 3.96. The van der Waals surface area contributed by atoms with Gasteiger partial charge in [0.2, 0.25) is 10.0 Å². The van der Waals surface area contributed by atoms with Crippen LogP contribution in [-0.2, 0) is 16.4 Å². The molecular weight excluding hydrogens is 286 g/mol. The van der Waals surface area contributed by atoms with Gasteiger partial charge in [-0.15, -0.1) is 0 Å². The van der Waals surface area contributed by atoms with Crippen LogP contribution >= 0.6 is 0 Å². The van der Waals surface area contributed by atoms with Gasteiger partial charge in [0.15, 0.2) is 0 Å². The molecule has 0 bridgehead atoms. The normalized spacial score (nSPS) is 24.1. The zero-order valence-corrected chi connectivity index (χ0v) is 13.6. The zero-order chi connectivity index (χ0) is 15.3. The number of nitrogens with one attached hydrogen (secondary N) is 1. The van der Waals surface area contributed by atoms with Crippen molar-refractivity contribution in [2.75, 3.05) is 18.8 Å². The van der Waals surface area contributed by atoms with Gasteiger partial charge in [0.1, 0.15) is 0 Å². The van der Waals surface area contributed by atoms with E-state index >= 15 is 0 Å². The van der Waals surface area contributed by atoms with Crippen molar-refractivity contribution < 1.29 is 8.42 Å². The second kappa shape index (κ2) is 7.33. The van der Waals surface area contributed by atoms with Crippen molar-refractivity contribution in [2.24, 2.45) is 0 Å². The Balaban J connectivity index is 2.05. The molecule has 2 rings (SSSR count). The number of sulfonamides is 1. The average molecular weight is 311 g/mol. The molecule has 1 saturated heterocycles. The summed E-state index contributed by atoms with van der Waals surface area (Å²) >= 11 is 0. The van der Waals surface area contributed by atoms with E-state index in [4.69, 9.17) is 0 Å². The molecule has 0 saturated carbocycles. The molecule has 2 heterocycles. The summed E-state index contributed by atoms with van der Waals surface area (Å²) in [7, 11) is -3.21. The second-order valence-electron chi connectivity index (χ2n) is 5.57. The van der Waals surface area contributed by atoms with E-state index in [0.29, 0.717) is 13.0 Å². The Morgan fingerprint density at radius 2 is 2.00 bits per heavy atom. The highest BCUT2D eigenvalue weighted by molar-refractivity contribution is 7.89. The van der Waals surface area contributed by atoms with Gasteiger partial charge in [-0.05, 0) is 37.0 Å². The number of rotatable bonds is 6. The molecule has 21 heavy (non-hydrogen) atoms. The van der Waals surface area contributed by atoms with E-state index in [2.05, 4.69) is 17.2 Å². The van der Waals surface area contributed by atoms with Gasteiger partial charge in [0.25, 0.3) is 0 Å². The van der Waals surface area contributed by atoms with Crippen LogP contribution in [0.4, 0.5) is 0 Å². The predicted octanol–water partition coefficient (Wildman–Crippen LogP) is 1.42. The van der Waals surface area contributed by atoms with Crippen molar-refractivity contribution >= 4 is 10.0 Å². The SMILES string of the molecule is CCC1CN(S(=O)(=O)CCc2ccncc2)C(CC)CN1. The lowest BCUT2D eigenvalue weighted by Gasteiger charge is -2.39. The van der Waals surface area contributed by atoms with Gasteiger partial charge in [-0.3, -0.25) is 4.98 Å². The summed E-state index contributed by atoms with van der Waals surface area (Å²) in [5.74, 6) is 0.171. The Morgan fingerprint density at radius 1 is 1.29 bits per heavy atom. The lowest BCUT2D eigenvalue weighted by atomic mass is 10.1. The summed E-state index contributed by atoms with van der Waals surface area (Å²) in [6.45, 7) is 5.48. The fraction of sp³-hybridized carbons (Fsp3) is 0.667. The molecule has 1 aliphatic rings. The number of nitrogens with zero attached hydrogens (tertiary/aromatic N) is 2.